The van der Waals surface area contributed by atoms with E-state index in [0.717, 1.165) is 47.0 Å². The highest BCUT2D eigenvalue weighted by atomic mass is 35.5. The Balaban J connectivity index is 1.64. The van der Waals surface area contributed by atoms with E-state index in [-0.39, 0.29) is 6.61 Å². The van der Waals surface area contributed by atoms with E-state index in [2.05, 4.69) is 20.4 Å². The molecule has 5 rings (SSSR count). The van der Waals surface area contributed by atoms with E-state index in [1.165, 1.54) is 5.56 Å². The molecule has 2 N–H and O–H groups in total. The lowest BCUT2D eigenvalue weighted by Gasteiger charge is -2.23. The van der Waals surface area contributed by atoms with E-state index < -0.39 is 6.10 Å². The van der Waals surface area contributed by atoms with Crippen molar-refractivity contribution in [3.63, 3.8) is 0 Å². The van der Waals surface area contributed by atoms with Gasteiger partial charge in [-0.1, -0.05) is 16.8 Å². The third-order valence-corrected chi connectivity index (χ3v) is 6.82. The Bertz CT molecular complexity index is 1420. The molecule has 0 spiro atoms. The molecule has 0 unspecified atom stereocenters. The third-order valence-electron chi connectivity index (χ3n) is 6.49. The van der Waals surface area contributed by atoms with Gasteiger partial charge in [0.1, 0.15) is 30.0 Å². The van der Waals surface area contributed by atoms with Crippen LogP contribution in [0.4, 0.5) is 11.5 Å². The van der Waals surface area contributed by atoms with Crippen molar-refractivity contribution < 1.29 is 14.4 Å². The second-order valence-corrected chi connectivity index (χ2v) is 9.52. The van der Waals surface area contributed by atoms with Crippen LogP contribution in [0.15, 0.2) is 41.2 Å². The minimum Gasteiger partial charge on any atom is -0.491 e. The molecular weight excluding hydrogens is 492 g/mol. The molecule has 0 radical (unpaired) electrons. The number of hydrogen-bond acceptors (Lipinski definition) is 9. The standard InChI is InChI=1S/C27H29ClN6O3/c1-15-25(24-16(2)33-37-17(24)3)31-26(32-27(15)34-10-8-18-7-9-30-13-23(18)34)21-11-20(5-6-22(21)28)36-14-19(35)12-29-4/h5-7,9,11,13,19,29,35H,8,10,12,14H2,1-4H3/t19-/m1/s1. The fourth-order valence-electron chi connectivity index (χ4n) is 4.65. The summed E-state index contributed by atoms with van der Waals surface area (Å²) in [6.45, 7) is 7.14. The predicted molar refractivity (Wildman–Crippen MR) is 143 cm³/mol. The van der Waals surface area contributed by atoms with Gasteiger partial charge >= 0.3 is 0 Å². The number of ether oxygens (including phenoxy) is 1. The van der Waals surface area contributed by atoms with Crippen LogP contribution < -0.4 is 15.0 Å². The number of nitrogens with one attached hydrogen (secondary N) is 1. The van der Waals surface area contributed by atoms with E-state index >= 15 is 0 Å². The van der Waals surface area contributed by atoms with Crippen molar-refractivity contribution in [3.05, 3.63) is 64.3 Å². The van der Waals surface area contributed by atoms with Crippen LogP contribution in [0.25, 0.3) is 22.6 Å². The maximum absolute atomic E-state index is 10.1. The number of hydrogen-bond donors (Lipinski definition) is 2. The summed E-state index contributed by atoms with van der Waals surface area (Å²) in [5.74, 6) is 2.48. The lowest BCUT2D eigenvalue weighted by molar-refractivity contribution is 0.108. The molecule has 0 amide bonds. The van der Waals surface area contributed by atoms with Gasteiger partial charge in [0.2, 0.25) is 0 Å². The van der Waals surface area contributed by atoms with Crippen molar-refractivity contribution in [3.8, 4) is 28.4 Å². The van der Waals surface area contributed by atoms with Crippen molar-refractivity contribution >= 4 is 23.1 Å². The van der Waals surface area contributed by atoms with Gasteiger partial charge in [-0.3, -0.25) is 4.98 Å². The molecule has 0 aliphatic carbocycles. The zero-order chi connectivity index (χ0) is 26.1. The predicted octanol–water partition coefficient (Wildman–Crippen LogP) is 4.43. The highest BCUT2D eigenvalue weighted by Crippen LogP contribution is 2.40. The monoisotopic (exact) mass is 520 g/mol. The second-order valence-electron chi connectivity index (χ2n) is 9.11. The van der Waals surface area contributed by atoms with Crippen LogP contribution in [-0.2, 0) is 6.42 Å². The number of aromatic nitrogens is 4. The van der Waals surface area contributed by atoms with Gasteiger partial charge in [0, 0.05) is 30.4 Å². The first-order valence-electron chi connectivity index (χ1n) is 12.1. The normalized spacial score (nSPS) is 13.6. The Morgan fingerprint density at radius 3 is 2.81 bits per heavy atom. The quantitative estimate of drug-likeness (QED) is 0.348. The van der Waals surface area contributed by atoms with Gasteiger partial charge in [-0.25, -0.2) is 9.97 Å². The molecule has 192 valence electrons. The number of aliphatic hydroxyl groups is 1. The minimum atomic E-state index is -0.638. The average molecular weight is 521 g/mol. The smallest absolute Gasteiger partial charge is 0.163 e. The van der Waals surface area contributed by atoms with Gasteiger partial charge < -0.3 is 24.6 Å². The Morgan fingerprint density at radius 2 is 2.05 bits per heavy atom. The number of nitrogens with zero attached hydrogens (tertiary/aromatic N) is 5. The van der Waals surface area contributed by atoms with Gasteiger partial charge in [0.15, 0.2) is 5.82 Å². The Kier molecular flexibility index (Phi) is 7.10. The topological polar surface area (TPSA) is 109 Å². The highest BCUT2D eigenvalue weighted by molar-refractivity contribution is 6.33. The summed E-state index contributed by atoms with van der Waals surface area (Å²) in [6, 6.07) is 7.37. The number of aryl methyl sites for hydroxylation is 2. The minimum absolute atomic E-state index is 0.143. The number of rotatable bonds is 8. The number of halogens is 1. The van der Waals surface area contributed by atoms with Crippen molar-refractivity contribution in [2.75, 3.05) is 31.6 Å². The fraction of sp³-hybridized carbons (Fsp3) is 0.333. The number of benzene rings is 1. The third kappa shape index (κ3) is 4.90. The van der Waals surface area contributed by atoms with Crippen molar-refractivity contribution in [2.45, 2.75) is 33.3 Å². The number of aliphatic hydroxyl groups excluding tert-OH is 1. The van der Waals surface area contributed by atoms with Crippen LogP contribution >= 0.6 is 11.6 Å². The van der Waals surface area contributed by atoms with Gasteiger partial charge in [0.25, 0.3) is 0 Å². The lowest BCUT2D eigenvalue weighted by Crippen LogP contribution is -2.29. The van der Waals surface area contributed by atoms with Crippen LogP contribution in [0, 0.1) is 20.8 Å². The molecule has 4 aromatic rings. The SMILES string of the molecule is CNC[C@@H](O)COc1ccc(Cl)c(-c2nc(-c3c(C)noc3C)c(C)c(N3CCc4ccncc43)n2)c1. The molecule has 10 heteroatoms. The Labute approximate surface area is 220 Å². The number of anilines is 2. The summed E-state index contributed by atoms with van der Waals surface area (Å²) in [6.07, 6.45) is 3.95. The molecule has 1 aromatic carbocycles. The summed E-state index contributed by atoms with van der Waals surface area (Å²) in [7, 11) is 1.78. The molecule has 3 aromatic heterocycles. The average Bonchev–Trinajstić information content (AvgIpc) is 3.47. The van der Waals surface area contributed by atoms with Gasteiger partial charge in [-0.15, -0.1) is 0 Å². The molecule has 1 aliphatic heterocycles. The van der Waals surface area contributed by atoms with Gasteiger partial charge in [0.05, 0.1) is 33.9 Å². The molecule has 0 saturated heterocycles. The summed E-state index contributed by atoms with van der Waals surface area (Å²) in [5, 5.41) is 17.6. The van der Waals surface area contributed by atoms with E-state index in [1.807, 2.05) is 39.2 Å². The number of likely N-dealkylation sites (N-methyl/N-ethyl adjacent to an activating group) is 1. The first-order valence-corrected chi connectivity index (χ1v) is 12.5. The maximum atomic E-state index is 10.1. The molecule has 1 atom stereocenters. The van der Waals surface area contributed by atoms with Crippen LogP contribution in [0.1, 0.15) is 22.6 Å². The van der Waals surface area contributed by atoms with Crippen LogP contribution in [0.5, 0.6) is 5.75 Å². The fourth-order valence-corrected chi connectivity index (χ4v) is 4.85. The highest BCUT2D eigenvalue weighted by Gasteiger charge is 2.28. The van der Waals surface area contributed by atoms with E-state index in [1.54, 1.807) is 25.2 Å². The summed E-state index contributed by atoms with van der Waals surface area (Å²) < 4.78 is 11.3. The van der Waals surface area contributed by atoms with Crippen LogP contribution in [0.3, 0.4) is 0 Å². The number of pyridine rings is 1. The number of fused-ring (bicyclic) bond motifs is 1. The molecule has 37 heavy (non-hydrogen) atoms. The first-order chi connectivity index (χ1) is 17.9. The Hall–Kier alpha value is -3.53. The van der Waals surface area contributed by atoms with Crippen molar-refractivity contribution in [2.24, 2.45) is 0 Å². The van der Waals surface area contributed by atoms with E-state index in [0.29, 0.717) is 34.5 Å². The zero-order valence-electron chi connectivity index (χ0n) is 21.2. The van der Waals surface area contributed by atoms with E-state index in [9.17, 15) is 5.11 Å². The molecule has 1 aliphatic rings. The van der Waals surface area contributed by atoms with Crippen molar-refractivity contribution in [1.82, 2.24) is 25.4 Å². The Morgan fingerprint density at radius 1 is 1.22 bits per heavy atom. The summed E-state index contributed by atoms with van der Waals surface area (Å²) in [4.78, 5) is 16.5. The molecule has 4 heterocycles. The summed E-state index contributed by atoms with van der Waals surface area (Å²) >= 11 is 6.67. The molecule has 0 fully saturated rings. The lowest BCUT2D eigenvalue weighted by atomic mass is 10.0. The second kappa shape index (κ2) is 10.5. The van der Waals surface area contributed by atoms with E-state index in [4.69, 9.17) is 30.8 Å². The van der Waals surface area contributed by atoms with Gasteiger partial charge in [-0.2, -0.15) is 0 Å². The largest absolute Gasteiger partial charge is 0.491 e. The maximum Gasteiger partial charge on any atom is 0.163 e. The molecular formula is C27H29ClN6O3. The molecule has 9 nitrogen and oxygen atoms in total. The van der Waals surface area contributed by atoms with Gasteiger partial charge in [-0.05, 0) is 64.1 Å². The summed E-state index contributed by atoms with van der Waals surface area (Å²) in [5.41, 5.74) is 6.12. The molecule has 0 bridgehead atoms. The van der Waals surface area contributed by atoms with Crippen LogP contribution in [-0.4, -0.2) is 58.1 Å². The zero-order valence-corrected chi connectivity index (χ0v) is 22.0. The van der Waals surface area contributed by atoms with Crippen LogP contribution in [0.2, 0.25) is 5.02 Å². The molecule has 0 saturated carbocycles. The van der Waals surface area contributed by atoms with Crippen molar-refractivity contribution in [1.29, 1.82) is 0 Å². The first kappa shape index (κ1) is 25.1.